The van der Waals surface area contributed by atoms with E-state index in [1.165, 1.54) is 17.8 Å². The Morgan fingerprint density at radius 3 is 2.94 bits per heavy atom. The number of hydrogen-bond donors (Lipinski definition) is 2. The summed E-state index contributed by atoms with van der Waals surface area (Å²) in [6.07, 6.45) is 0.745. The molecule has 7 heteroatoms. The molecule has 1 aromatic rings. The number of rotatable bonds is 4. The molecule has 5 nitrogen and oxygen atoms in total. The molecule has 0 saturated carbocycles. The average Bonchev–Trinajstić information content (AvgIpc) is 2.35. The maximum Gasteiger partial charge on any atom is 0.240 e. The monoisotopic (exact) mass is 286 g/mol. The minimum Gasteiger partial charge on any atom is -0.324 e. The number of amides is 1. The van der Waals surface area contributed by atoms with Crippen LogP contribution >= 0.6 is 11.8 Å². The maximum absolute atomic E-state index is 11.9. The van der Waals surface area contributed by atoms with E-state index in [0.717, 1.165) is 11.3 Å². The molecule has 0 bridgehead atoms. The summed E-state index contributed by atoms with van der Waals surface area (Å²) in [5.74, 6) is 0.256. The number of benzene rings is 1. The molecule has 1 aliphatic heterocycles. The predicted octanol–water partition coefficient (Wildman–Crippen LogP) is 1.42. The molecule has 1 heterocycles. The van der Waals surface area contributed by atoms with E-state index in [1.54, 1.807) is 12.1 Å². The third kappa shape index (κ3) is 2.85. The number of hydrogen-bond acceptors (Lipinski definition) is 4. The molecular weight excluding hydrogens is 272 g/mol. The summed E-state index contributed by atoms with van der Waals surface area (Å²) < 4.78 is 26.4. The maximum atomic E-state index is 11.9. The van der Waals surface area contributed by atoms with Crippen LogP contribution in [-0.2, 0) is 14.8 Å². The number of anilines is 1. The lowest BCUT2D eigenvalue weighted by Gasteiger charge is -2.17. The van der Waals surface area contributed by atoms with Crippen molar-refractivity contribution in [1.82, 2.24) is 4.72 Å². The van der Waals surface area contributed by atoms with E-state index in [2.05, 4.69) is 10.0 Å². The van der Waals surface area contributed by atoms with Crippen LogP contribution in [0.15, 0.2) is 28.0 Å². The number of thioether (sulfide) groups is 1. The second-order valence-corrected chi connectivity index (χ2v) is 6.68. The van der Waals surface area contributed by atoms with E-state index in [-0.39, 0.29) is 10.8 Å². The van der Waals surface area contributed by atoms with Gasteiger partial charge in [-0.25, -0.2) is 13.1 Å². The predicted molar refractivity (Wildman–Crippen MR) is 71.3 cm³/mol. The van der Waals surface area contributed by atoms with Crippen LogP contribution in [0.4, 0.5) is 5.69 Å². The van der Waals surface area contributed by atoms with E-state index in [1.807, 2.05) is 6.92 Å². The summed E-state index contributed by atoms with van der Waals surface area (Å²) in [5, 5.41) is 2.71. The molecule has 0 aliphatic carbocycles. The van der Waals surface area contributed by atoms with Crippen molar-refractivity contribution < 1.29 is 13.2 Å². The topological polar surface area (TPSA) is 75.3 Å². The van der Waals surface area contributed by atoms with E-state index in [4.69, 9.17) is 0 Å². The largest absolute Gasteiger partial charge is 0.324 e. The molecule has 0 fully saturated rings. The highest BCUT2D eigenvalue weighted by atomic mass is 32.2. The Balaban J connectivity index is 2.29. The Hall–Kier alpha value is -1.05. The van der Waals surface area contributed by atoms with Gasteiger partial charge in [0.15, 0.2) is 0 Å². The van der Waals surface area contributed by atoms with Gasteiger partial charge in [-0.2, -0.15) is 0 Å². The Morgan fingerprint density at radius 1 is 1.44 bits per heavy atom. The molecule has 1 aromatic carbocycles. The van der Waals surface area contributed by atoms with Crippen molar-refractivity contribution in [3.05, 3.63) is 18.2 Å². The zero-order valence-corrected chi connectivity index (χ0v) is 11.5. The highest BCUT2D eigenvalue weighted by Crippen LogP contribution is 2.33. The standard InChI is InChI=1S/C11H14N2O3S2/c1-2-5-12-18(15,16)8-3-4-9-10(6-8)17-7-11(14)13-9/h3-4,6,12H,2,5,7H2,1H3,(H,13,14). The fraction of sp³-hybridized carbons (Fsp3) is 0.364. The molecule has 0 radical (unpaired) electrons. The quantitative estimate of drug-likeness (QED) is 0.877. The first-order valence-electron chi connectivity index (χ1n) is 5.59. The minimum atomic E-state index is -3.45. The molecule has 0 unspecified atom stereocenters. The lowest BCUT2D eigenvalue weighted by Crippen LogP contribution is -2.25. The van der Waals surface area contributed by atoms with Crippen LogP contribution in [0.2, 0.25) is 0 Å². The van der Waals surface area contributed by atoms with Crippen LogP contribution in [0.25, 0.3) is 0 Å². The van der Waals surface area contributed by atoms with Crippen LogP contribution in [-0.4, -0.2) is 26.6 Å². The third-order valence-electron chi connectivity index (χ3n) is 2.44. The third-order valence-corrected chi connectivity index (χ3v) is 4.95. The smallest absolute Gasteiger partial charge is 0.240 e. The van der Waals surface area contributed by atoms with Gasteiger partial charge in [0.2, 0.25) is 15.9 Å². The second kappa shape index (κ2) is 5.29. The van der Waals surface area contributed by atoms with Gasteiger partial charge < -0.3 is 5.32 Å². The van der Waals surface area contributed by atoms with Gasteiger partial charge in [0.25, 0.3) is 0 Å². The zero-order chi connectivity index (χ0) is 13.2. The highest BCUT2D eigenvalue weighted by Gasteiger charge is 2.19. The number of sulfonamides is 1. The summed E-state index contributed by atoms with van der Waals surface area (Å²) in [6.45, 7) is 2.32. The summed E-state index contributed by atoms with van der Waals surface area (Å²) in [4.78, 5) is 12.2. The molecule has 0 atom stereocenters. The molecule has 2 rings (SSSR count). The first-order chi connectivity index (χ1) is 8.53. The van der Waals surface area contributed by atoms with Gasteiger partial charge in [-0.3, -0.25) is 4.79 Å². The van der Waals surface area contributed by atoms with Gasteiger partial charge >= 0.3 is 0 Å². The Bertz CT molecular complexity index is 570. The number of carbonyl (C=O) groups excluding carboxylic acids is 1. The van der Waals surface area contributed by atoms with Gasteiger partial charge in [0, 0.05) is 11.4 Å². The van der Waals surface area contributed by atoms with Crippen molar-refractivity contribution in [2.75, 3.05) is 17.6 Å². The highest BCUT2D eigenvalue weighted by molar-refractivity contribution is 8.00. The average molecular weight is 286 g/mol. The molecule has 18 heavy (non-hydrogen) atoms. The van der Waals surface area contributed by atoms with Gasteiger partial charge in [-0.1, -0.05) is 6.92 Å². The van der Waals surface area contributed by atoms with Gasteiger partial charge in [-0.05, 0) is 24.6 Å². The van der Waals surface area contributed by atoms with Crippen molar-refractivity contribution in [3.8, 4) is 0 Å². The van der Waals surface area contributed by atoms with Crippen LogP contribution in [0, 0.1) is 0 Å². The van der Waals surface area contributed by atoms with Crippen molar-refractivity contribution in [2.45, 2.75) is 23.1 Å². The minimum absolute atomic E-state index is 0.0628. The van der Waals surface area contributed by atoms with E-state index < -0.39 is 10.0 Å². The van der Waals surface area contributed by atoms with Crippen LogP contribution in [0.5, 0.6) is 0 Å². The van der Waals surface area contributed by atoms with Crippen molar-refractivity contribution >= 4 is 33.4 Å². The van der Waals surface area contributed by atoms with Crippen LogP contribution in [0.1, 0.15) is 13.3 Å². The molecule has 2 N–H and O–H groups in total. The van der Waals surface area contributed by atoms with Crippen molar-refractivity contribution in [1.29, 1.82) is 0 Å². The summed E-state index contributed by atoms with van der Waals surface area (Å²) in [6, 6.07) is 4.72. The lowest BCUT2D eigenvalue weighted by molar-refractivity contribution is -0.113. The molecule has 0 aromatic heterocycles. The number of fused-ring (bicyclic) bond motifs is 1. The Labute approximate surface area is 110 Å². The van der Waals surface area contributed by atoms with Crippen LogP contribution < -0.4 is 10.0 Å². The fourth-order valence-corrected chi connectivity index (χ4v) is 3.62. The fourth-order valence-electron chi connectivity index (χ4n) is 1.54. The Kier molecular flexibility index (Phi) is 3.94. The Morgan fingerprint density at radius 2 is 2.22 bits per heavy atom. The van der Waals surface area contributed by atoms with E-state index in [9.17, 15) is 13.2 Å². The molecule has 1 amide bonds. The first-order valence-corrected chi connectivity index (χ1v) is 8.06. The second-order valence-electron chi connectivity index (χ2n) is 3.89. The molecule has 98 valence electrons. The number of carbonyl (C=O) groups is 1. The van der Waals surface area contributed by atoms with E-state index >= 15 is 0 Å². The number of nitrogens with one attached hydrogen (secondary N) is 2. The molecule has 0 saturated heterocycles. The van der Waals surface area contributed by atoms with Gasteiger partial charge in [-0.15, -0.1) is 11.8 Å². The van der Waals surface area contributed by atoms with Crippen molar-refractivity contribution in [3.63, 3.8) is 0 Å². The molecule has 0 spiro atoms. The normalized spacial score (nSPS) is 15.1. The first kappa shape index (κ1) is 13.4. The van der Waals surface area contributed by atoms with Gasteiger partial charge in [0.1, 0.15) is 0 Å². The van der Waals surface area contributed by atoms with Crippen LogP contribution in [0.3, 0.4) is 0 Å². The molecule has 1 aliphatic rings. The lowest BCUT2D eigenvalue weighted by atomic mass is 10.3. The summed E-state index contributed by atoms with van der Waals surface area (Å²) in [5.41, 5.74) is 0.672. The summed E-state index contributed by atoms with van der Waals surface area (Å²) in [7, 11) is -3.45. The zero-order valence-electron chi connectivity index (χ0n) is 9.89. The molecular formula is C11H14N2O3S2. The van der Waals surface area contributed by atoms with Gasteiger partial charge in [0.05, 0.1) is 16.3 Å². The van der Waals surface area contributed by atoms with E-state index in [0.29, 0.717) is 18.0 Å². The summed E-state index contributed by atoms with van der Waals surface area (Å²) >= 11 is 1.35. The SMILES string of the molecule is CCCNS(=O)(=O)c1ccc2c(c1)SCC(=O)N2. The van der Waals surface area contributed by atoms with Crippen molar-refractivity contribution in [2.24, 2.45) is 0 Å².